The molecule has 1 aliphatic rings. The molecule has 2 rings (SSSR count). The number of carbonyl (C=O) groups is 2. The molecule has 0 aromatic heterocycles. The largest absolute Gasteiger partial charge is 0.452 e. The van der Waals surface area contributed by atoms with Gasteiger partial charge in [-0.1, -0.05) is 43.0 Å². The van der Waals surface area contributed by atoms with Crippen molar-refractivity contribution in [1.29, 1.82) is 0 Å². The van der Waals surface area contributed by atoms with E-state index in [0.717, 1.165) is 31.2 Å². The molecule has 0 unspecified atom stereocenters. The number of hydrogen-bond acceptors (Lipinski definition) is 3. The molecule has 1 fully saturated rings. The van der Waals surface area contributed by atoms with Gasteiger partial charge in [-0.15, -0.1) is 0 Å². The van der Waals surface area contributed by atoms with E-state index in [2.05, 4.69) is 0 Å². The highest BCUT2D eigenvalue weighted by atomic mass is 35.5. The molecule has 0 N–H and O–H groups in total. The number of esters is 1. The first-order chi connectivity index (χ1) is 11.1. The average molecular weight is 336 g/mol. The molecule has 124 valence electrons. The normalized spacial score (nSPS) is 15.6. The summed E-state index contributed by atoms with van der Waals surface area (Å²) >= 11 is 5.79. The lowest BCUT2D eigenvalue weighted by Crippen LogP contribution is -2.40. The van der Waals surface area contributed by atoms with E-state index in [1.807, 2.05) is 0 Å². The van der Waals surface area contributed by atoms with Crippen LogP contribution in [0.2, 0.25) is 5.02 Å². The number of likely N-dealkylation sites (N-methyl/N-ethyl adjacent to an activating group) is 1. The first-order valence-electron chi connectivity index (χ1n) is 7.92. The lowest BCUT2D eigenvalue weighted by molar-refractivity contribution is -0.148. The van der Waals surface area contributed by atoms with Gasteiger partial charge >= 0.3 is 5.97 Å². The highest BCUT2D eigenvalue weighted by Crippen LogP contribution is 2.21. The Morgan fingerprint density at radius 1 is 1.22 bits per heavy atom. The third-order valence-electron chi connectivity index (χ3n) is 4.14. The van der Waals surface area contributed by atoms with Gasteiger partial charge in [0.1, 0.15) is 0 Å². The van der Waals surface area contributed by atoms with Gasteiger partial charge in [-0.3, -0.25) is 4.79 Å². The van der Waals surface area contributed by atoms with Gasteiger partial charge < -0.3 is 9.64 Å². The maximum absolute atomic E-state index is 12.1. The summed E-state index contributed by atoms with van der Waals surface area (Å²) in [7, 11) is 1.79. The molecular formula is C18H22ClNO3. The minimum atomic E-state index is -0.523. The molecule has 0 saturated heterocycles. The van der Waals surface area contributed by atoms with Crippen LogP contribution in [-0.4, -0.2) is 36.5 Å². The lowest BCUT2D eigenvalue weighted by atomic mass is 9.94. The van der Waals surface area contributed by atoms with E-state index in [1.54, 1.807) is 42.3 Å². The second-order valence-electron chi connectivity index (χ2n) is 5.79. The van der Waals surface area contributed by atoms with Gasteiger partial charge in [-0.25, -0.2) is 4.79 Å². The molecule has 1 saturated carbocycles. The summed E-state index contributed by atoms with van der Waals surface area (Å²) in [6.07, 6.45) is 8.57. The predicted octanol–water partition coefficient (Wildman–Crippen LogP) is 3.69. The number of ether oxygens (including phenoxy) is 1. The summed E-state index contributed by atoms with van der Waals surface area (Å²) in [6, 6.07) is 7.37. The van der Waals surface area contributed by atoms with Crippen molar-refractivity contribution in [3.63, 3.8) is 0 Å². The molecule has 5 heteroatoms. The monoisotopic (exact) mass is 335 g/mol. The fourth-order valence-corrected chi connectivity index (χ4v) is 2.82. The Labute approximate surface area is 142 Å². The van der Waals surface area contributed by atoms with Crippen LogP contribution in [0.5, 0.6) is 0 Å². The summed E-state index contributed by atoms with van der Waals surface area (Å²) in [5.74, 6) is -0.671. The van der Waals surface area contributed by atoms with Gasteiger partial charge in [0.2, 0.25) is 0 Å². The molecule has 0 bridgehead atoms. The van der Waals surface area contributed by atoms with Gasteiger partial charge in [0.15, 0.2) is 6.61 Å². The maximum Gasteiger partial charge on any atom is 0.331 e. The second kappa shape index (κ2) is 8.73. The molecule has 0 heterocycles. The Balaban J connectivity index is 1.76. The van der Waals surface area contributed by atoms with Crippen LogP contribution < -0.4 is 0 Å². The Kier molecular flexibility index (Phi) is 6.66. The number of hydrogen-bond donors (Lipinski definition) is 0. The van der Waals surface area contributed by atoms with Crippen LogP contribution >= 0.6 is 11.6 Å². The zero-order chi connectivity index (χ0) is 16.7. The van der Waals surface area contributed by atoms with Crippen molar-refractivity contribution in [2.45, 2.75) is 38.1 Å². The Morgan fingerprint density at radius 3 is 2.52 bits per heavy atom. The smallest absolute Gasteiger partial charge is 0.331 e. The zero-order valence-electron chi connectivity index (χ0n) is 13.3. The van der Waals surface area contributed by atoms with Gasteiger partial charge in [0.25, 0.3) is 5.91 Å². The van der Waals surface area contributed by atoms with E-state index >= 15 is 0 Å². The lowest BCUT2D eigenvalue weighted by Gasteiger charge is -2.31. The molecule has 4 nitrogen and oxygen atoms in total. The van der Waals surface area contributed by atoms with Crippen molar-refractivity contribution in [3.8, 4) is 0 Å². The van der Waals surface area contributed by atoms with E-state index in [1.165, 1.54) is 12.5 Å². The molecule has 1 aromatic carbocycles. The van der Waals surface area contributed by atoms with E-state index in [0.29, 0.717) is 5.02 Å². The van der Waals surface area contributed by atoms with Crippen molar-refractivity contribution in [2.24, 2.45) is 0 Å². The maximum atomic E-state index is 12.1. The third-order valence-corrected chi connectivity index (χ3v) is 4.39. The summed E-state index contributed by atoms with van der Waals surface area (Å²) in [5, 5.41) is 0.640. The molecule has 0 aliphatic heterocycles. The van der Waals surface area contributed by atoms with Crippen molar-refractivity contribution < 1.29 is 14.3 Å². The number of nitrogens with zero attached hydrogens (tertiary/aromatic N) is 1. The number of halogens is 1. The van der Waals surface area contributed by atoms with E-state index in [4.69, 9.17) is 16.3 Å². The van der Waals surface area contributed by atoms with Crippen LogP contribution in [-0.2, 0) is 14.3 Å². The summed E-state index contributed by atoms with van der Waals surface area (Å²) < 4.78 is 5.02. The fourth-order valence-electron chi connectivity index (χ4n) is 2.69. The molecule has 1 aromatic rings. The van der Waals surface area contributed by atoms with Crippen LogP contribution in [0.25, 0.3) is 6.08 Å². The average Bonchev–Trinajstić information content (AvgIpc) is 2.59. The van der Waals surface area contributed by atoms with Crippen LogP contribution in [0.4, 0.5) is 0 Å². The molecule has 0 spiro atoms. The SMILES string of the molecule is CN(C(=O)COC(=O)/C=C/c1ccc(Cl)cc1)C1CCCCC1. The number of benzene rings is 1. The topological polar surface area (TPSA) is 46.6 Å². The highest BCUT2D eigenvalue weighted by Gasteiger charge is 2.22. The van der Waals surface area contributed by atoms with Gasteiger partial charge in [0, 0.05) is 24.2 Å². The van der Waals surface area contributed by atoms with Crippen molar-refractivity contribution in [1.82, 2.24) is 4.90 Å². The van der Waals surface area contributed by atoms with Crippen LogP contribution in [0.1, 0.15) is 37.7 Å². The second-order valence-corrected chi connectivity index (χ2v) is 6.23. The summed E-state index contributed by atoms with van der Waals surface area (Å²) in [6.45, 7) is -0.212. The molecular weight excluding hydrogens is 314 g/mol. The number of amides is 1. The molecule has 23 heavy (non-hydrogen) atoms. The predicted molar refractivity (Wildman–Crippen MR) is 91.1 cm³/mol. The molecule has 0 atom stereocenters. The minimum Gasteiger partial charge on any atom is -0.452 e. The van der Waals surface area contributed by atoms with Crippen LogP contribution in [0.3, 0.4) is 0 Å². The summed E-state index contributed by atoms with van der Waals surface area (Å²) in [5.41, 5.74) is 0.844. The van der Waals surface area contributed by atoms with E-state index < -0.39 is 5.97 Å². The van der Waals surface area contributed by atoms with Crippen molar-refractivity contribution in [2.75, 3.05) is 13.7 Å². The quantitative estimate of drug-likeness (QED) is 0.609. The highest BCUT2D eigenvalue weighted by molar-refractivity contribution is 6.30. The number of rotatable bonds is 5. The Hall–Kier alpha value is -1.81. The molecule has 0 radical (unpaired) electrons. The standard InChI is InChI=1S/C18H22ClNO3/c1-20(16-5-3-2-4-6-16)17(21)13-23-18(22)12-9-14-7-10-15(19)11-8-14/h7-12,16H,2-6,13H2,1H3/b12-9+. The van der Waals surface area contributed by atoms with Crippen LogP contribution in [0, 0.1) is 0 Å². The Morgan fingerprint density at radius 2 is 1.87 bits per heavy atom. The summed E-state index contributed by atoms with van der Waals surface area (Å²) in [4.78, 5) is 25.5. The minimum absolute atomic E-state index is 0.148. The molecule has 1 aliphatic carbocycles. The third kappa shape index (κ3) is 5.71. The first kappa shape index (κ1) is 17.5. The molecule has 1 amide bonds. The van der Waals surface area contributed by atoms with Gasteiger partial charge in [-0.05, 0) is 36.6 Å². The van der Waals surface area contributed by atoms with Crippen molar-refractivity contribution in [3.05, 3.63) is 40.9 Å². The Bertz CT molecular complexity index is 562. The van der Waals surface area contributed by atoms with E-state index in [9.17, 15) is 9.59 Å². The van der Waals surface area contributed by atoms with E-state index in [-0.39, 0.29) is 18.6 Å². The fraction of sp³-hybridized carbons (Fsp3) is 0.444. The first-order valence-corrected chi connectivity index (χ1v) is 8.30. The van der Waals surface area contributed by atoms with Crippen LogP contribution in [0.15, 0.2) is 30.3 Å². The zero-order valence-corrected chi connectivity index (χ0v) is 14.1. The number of carbonyl (C=O) groups excluding carboxylic acids is 2. The van der Waals surface area contributed by atoms with Gasteiger partial charge in [-0.2, -0.15) is 0 Å². The van der Waals surface area contributed by atoms with Gasteiger partial charge in [0.05, 0.1) is 0 Å². The van der Waals surface area contributed by atoms with Crippen molar-refractivity contribution >= 4 is 29.6 Å².